The van der Waals surface area contributed by atoms with Crippen molar-refractivity contribution in [3.63, 3.8) is 0 Å². The molecule has 0 bridgehead atoms. The molecule has 1 heterocycles. The molecule has 0 aliphatic carbocycles. The van der Waals surface area contributed by atoms with Gasteiger partial charge in [-0.25, -0.2) is 0 Å². The van der Waals surface area contributed by atoms with Crippen LogP contribution in [0.2, 0.25) is 5.02 Å². The van der Waals surface area contributed by atoms with E-state index in [0.29, 0.717) is 0 Å². The zero-order valence-electron chi connectivity index (χ0n) is 10.0. The third-order valence-electron chi connectivity index (χ3n) is 2.96. The molecule has 1 aromatic carbocycles. The SMILES string of the molecule is Cl.Cl.ClCCN1CCN(c2ccc(Cl)cc2)CC1. The van der Waals surface area contributed by atoms with Crippen LogP contribution in [0.1, 0.15) is 0 Å². The number of hydrogen-bond donors (Lipinski definition) is 0. The quantitative estimate of drug-likeness (QED) is 0.781. The Labute approximate surface area is 131 Å². The molecular formula is C12H18Cl4N2. The van der Waals surface area contributed by atoms with Crippen molar-refractivity contribution in [2.75, 3.05) is 43.5 Å². The third-order valence-corrected chi connectivity index (χ3v) is 3.39. The summed E-state index contributed by atoms with van der Waals surface area (Å²) in [6, 6.07) is 8.06. The van der Waals surface area contributed by atoms with Crippen LogP contribution in [0.15, 0.2) is 24.3 Å². The Bertz CT molecular complexity index is 323. The van der Waals surface area contributed by atoms with Gasteiger partial charge in [0.15, 0.2) is 0 Å². The molecule has 18 heavy (non-hydrogen) atoms. The molecule has 1 aliphatic heterocycles. The van der Waals surface area contributed by atoms with E-state index in [1.165, 1.54) is 5.69 Å². The van der Waals surface area contributed by atoms with Gasteiger partial charge in [0.1, 0.15) is 0 Å². The number of benzene rings is 1. The van der Waals surface area contributed by atoms with Crippen molar-refractivity contribution in [2.24, 2.45) is 0 Å². The van der Waals surface area contributed by atoms with Gasteiger partial charge in [-0.1, -0.05) is 11.6 Å². The lowest BCUT2D eigenvalue weighted by molar-refractivity contribution is 0.272. The maximum Gasteiger partial charge on any atom is 0.0407 e. The van der Waals surface area contributed by atoms with Gasteiger partial charge in [-0.05, 0) is 24.3 Å². The van der Waals surface area contributed by atoms with E-state index in [1.54, 1.807) is 0 Å². The van der Waals surface area contributed by atoms with Gasteiger partial charge < -0.3 is 4.90 Å². The number of nitrogens with zero attached hydrogens (tertiary/aromatic N) is 2. The molecule has 0 N–H and O–H groups in total. The summed E-state index contributed by atoms with van der Waals surface area (Å²) < 4.78 is 0. The molecule has 6 heteroatoms. The highest BCUT2D eigenvalue weighted by Gasteiger charge is 2.16. The molecule has 0 spiro atoms. The first-order valence-corrected chi connectivity index (χ1v) is 6.49. The highest BCUT2D eigenvalue weighted by atomic mass is 35.5. The lowest BCUT2D eigenvalue weighted by Gasteiger charge is -2.35. The molecular weight excluding hydrogens is 314 g/mol. The first-order chi connectivity index (χ1) is 7.79. The molecule has 0 radical (unpaired) electrons. The molecule has 2 rings (SSSR count). The van der Waals surface area contributed by atoms with E-state index in [0.717, 1.165) is 43.6 Å². The highest BCUT2D eigenvalue weighted by molar-refractivity contribution is 6.30. The van der Waals surface area contributed by atoms with Gasteiger partial charge in [0, 0.05) is 49.3 Å². The maximum atomic E-state index is 5.87. The lowest BCUT2D eigenvalue weighted by atomic mass is 10.2. The van der Waals surface area contributed by atoms with E-state index in [1.807, 2.05) is 12.1 Å². The largest absolute Gasteiger partial charge is 0.369 e. The van der Waals surface area contributed by atoms with Crippen LogP contribution in [0.3, 0.4) is 0 Å². The first-order valence-electron chi connectivity index (χ1n) is 5.58. The van der Waals surface area contributed by atoms with Crippen molar-refractivity contribution in [3.8, 4) is 0 Å². The summed E-state index contributed by atoms with van der Waals surface area (Å²) in [4.78, 5) is 4.79. The Kier molecular flexibility index (Phi) is 9.18. The zero-order chi connectivity index (χ0) is 11.4. The summed E-state index contributed by atoms with van der Waals surface area (Å²) in [7, 11) is 0. The standard InChI is InChI=1S/C12H16Cl2N2.2ClH/c13-5-6-15-7-9-16(10-8-15)12-3-1-11(14)2-4-12;;/h1-4H,5-10H2;2*1H. The fourth-order valence-corrected chi connectivity index (χ4v) is 2.37. The highest BCUT2D eigenvalue weighted by Crippen LogP contribution is 2.19. The Balaban J connectivity index is 0.00000144. The second-order valence-corrected chi connectivity index (χ2v) is 4.81. The van der Waals surface area contributed by atoms with E-state index in [-0.39, 0.29) is 24.8 Å². The predicted octanol–water partition coefficient (Wildman–Crippen LogP) is 3.54. The minimum Gasteiger partial charge on any atom is -0.369 e. The monoisotopic (exact) mass is 330 g/mol. The van der Waals surface area contributed by atoms with E-state index in [4.69, 9.17) is 23.2 Å². The Morgan fingerprint density at radius 3 is 2.00 bits per heavy atom. The van der Waals surface area contributed by atoms with Crippen molar-refractivity contribution < 1.29 is 0 Å². The molecule has 104 valence electrons. The Morgan fingerprint density at radius 2 is 1.50 bits per heavy atom. The van der Waals surface area contributed by atoms with Crippen molar-refractivity contribution >= 4 is 53.7 Å². The van der Waals surface area contributed by atoms with Gasteiger partial charge >= 0.3 is 0 Å². The molecule has 0 aromatic heterocycles. The second-order valence-electron chi connectivity index (χ2n) is 3.99. The van der Waals surface area contributed by atoms with E-state index < -0.39 is 0 Å². The Morgan fingerprint density at radius 1 is 0.944 bits per heavy atom. The van der Waals surface area contributed by atoms with Gasteiger partial charge in [-0.15, -0.1) is 36.4 Å². The summed E-state index contributed by atoms with van der Waals surface area (Å²) in [5.74, 6) is 0.723. The Hall–Kier alpha value is 0.140. The van der Waals surface area contributed by atoms with Crippen LogP contribution in [0.5, 0.6) is 0 Å². The van der Waals surface area contributed by atoms with Crippen molar-refractivity contribution in [1.29, 1.82) is 0 Å². The number of rotatable bonds is 3. The molecule has 2 nitrogen and oxygen atoms in total. The number of alkyl halides is 1. The van der Waals surface area contributed by atoms with Crippen molar-refractivity contribution in [1.82, 2.24) is 4.90 Å². The van der Waals surface area contributed by atoms with Crippen LogP contribution < -0.4 is 4.90 Å². The van der Waals surface area contributed by atoms with Gasteiger partial charge in [-0.3, -0.25) is 4.90 Å². The topological polar surface area (TPSA) is 6.48 Å². The van der Waals surface area contributed by atoms with E-state index in [9.17, 15) is 0 Å². The predicted molar refractivity (Wildman–Crippen MR) is 85.3 cm³/mol. The first kappa shape index (κ1) is 18.1. The zero-order valence-corrected chi connectivity index (χ0v) is 13.2. The third kappa shape index (κ3) is 5.02. The average molecular weight is 332 g/mol. The number of halogens is 4. The van der Waals surface area contributed by atoms with E-state index >= 15 is 0 Å². The number of anilines is 1. The van der Waals surface area contributed by atoms with E-state index in [2.05, 4.69) is 21.9 Å². The molecule has 0 unspecified atom stereocenters. The summed E-state index contributed by atoms with van der Waals surface area (Å²) >= 11 is 11.6. The number of hydrogen-bond acceptors (Lipinski definition) is 2. The van der Waals surface area contributed by atoms with Crippen LogP contribution in [0.25, 0.3) is 0 Å². The van der Waals surface area contributed by atoms with Crippen molar-refractivity contribution in [2.45, 2.75) is 0 Å². The van der Waals surface area contributed by atoms with Gasteiger partial charge in [-0.2, -0.15) is 0 Å². The van der Waals surface area contributed by atoms with Crippen LogP contribution in [-0.4, -0.2) is 43.5 Å². The molecule has 0 atom stereocenters. The van der Waals surface area contributed by atoms with Crippen LogP contribution in [-0.2, 0) is 0 Å². The summed E-state index contributed by atoms with van der Waals surface area (Å²) in [5, 5.41) is 0.796. The minimum absolute atomic E-state index is 0. The normalized spacial score (nSPS) is 15.8. The van der Waals surface area contributed by atoms with Crippen LogP contribution in [0.4, 0.5) is 5.69 Å². The average Bonchev–Trinajstić information content (AvgIpc) is 2.32. The molecule has 1 fully saturated rings. The molecule has 1 saturated heterocycles. The van der Waals surface area contributed by atoms with Crippen molar-refractivity contribution in [3.05, 3.63) is 29.3 Å². The van der Waals surface area contributed by atoms with Crippen LogP contribution in [0, 0.1) is 0 Å². The second kappa shape index (κ2) is 9.11. The van der Waals surface area contributed by atoms with Gasteiger partial charge in [0.2, 0.25) is 0 Å². The van der Waals surface area contributed by atoms with Gasteiger partial charge in [0.05, 0.1) is 0 Å². The fraction of sp³-hybridized carbons (Fsp3) is 0.500. The molecule has 0 amide bonds. The van der Waals surface area contributed by atoms with Gasteiger partial charge in [0.25, 0.3) is 0 Å². The lowest BCUT2D eigenvalue weighted by Crippen LogP contribution is -2.46. The smallest absolute Gasteiger partial charge is 0.0407 e. The van der Waals surface area contributed by atoms with Crippen LogP contribution >= 0.6 is 48.0 Å². The number of piperazine rings is 1. The minimum atomic E-state index is 0. The summed E-state index contributed by atoms with van der Waals surface area (Å²) in [6.45, 7) is 5.32. The summed E-state index contributed by atoms with van der Waals surface area (Å²) in [6.07, 6.45) is 0. The molecule has 1 aromatic rings. The fourth-order valence-electron chi connectivity index (χ4n) is 2.00. The molecule has 1 aliphatic rings. The maximum absolute atomic E-state index is 5.87. The molecule has 0 saturated carbocycles. The summed E-state index contributed by atoms with van der Waals surface area (Å²) in [5.41, 5.74) is 1.26.